The number of nitrogens with one attached hydrogen (secondary N) is 1. The number of aromatic carboxylic acids is 1. The van der Waals surface area contributed by atoms with Gasteiger partial charge in [-0.3, -0.25) is 9.67 Å². The number of nitrogens with zero attached hydrogens (tertiary/aromatic N) is 3. The van der Waals surface area contributed by atoms with E-state index in [0.717, 1.165) is 54.7 Å². The van der Waals surface area contributed by atoms with Crippen LogP contribution in [0.2, 0.25) is 0 Å². The zero-order chi connectivity index (χ0) is 31.9. The minimum absolute atomic E-state index is 0.330. The second-order valence-corrected chi connectivity index (χ2v) is 10.9. The molecule has 0 bridgehead atoms. The van der Waals surface area contributed by atoms with Gasteiger partial charge in [-0.2, -0.15) is 18.3 Å². The highest BCUT2D eigenvalue weighted by Crippen LogP contribution is 2.34. The van der Waals surface area contributed by atoms with Crippen LogP contribution in [0.4, 0.5) is 13.2 Å². The molecule has 0 aliphatic heterocycles. The standard InChI is InChI=1S/C31H34N4O2.C2HF3O2/c1-21(2)24-5-3-6-25(19-24)23-9-7-22(8-10-23)13-16-32-15-4-18-35-30(31(36)37)28-12-11-26-20-33-17-14-27(26)29(28)34-35;3-2(4,5)1(6)7/h3,5-10,14,17,19-21,32H,4,11-13,15-16,18H2,1-2H3,(H,36,37);(H,6,7). The Kier molecular flexibility index (Phi) is 10.5. The van der Waals surface area contributed by atoms with Gasteiger partial charge in [-0.1, -0.05) is 62.4 Å². The van der Waals surface area contributed by atoms with E-state index in [9.17, 15) is 23.1 Å². The molecule has 2 aromatic heterocycles. The molecule has 0 spiro atoms. The Balaban J connectivity index is 0.000000566. The van der Waals surface area contributed by atoms with Crippen molar-refractivity contribution in [2.24, 2.45) is 0 Å². The minimum atomic E-state index is -5.08. The van der Waals surface area contributed by atoms with E-state index in [1.807, 2.05) is 12.3 Å². The molecule has 11 heteroatoms. The van der Waals surface area contributed by atoms with E-state index < -0.39 is 18.1 Å². The number of rotatable bonds is 10. The van der Waals surface area contributed by atoms with Gasteiger partial charge in [0.15, 0.2) is 0 Å². The molecule has 3 N–H and O–H groups in total. The smallest absolute Gasteiger partial charge is 0.477 e. The van der Waals surface area contributed by atoms with Gasteiger partial charge >= 0.3 is 18.1 Å². The summed E-state index contributed by atoms with van der Waals surface area (Å²) >= 11 is 0. The minimum Gasteiger partial charge on any atom is -0.477 e. The van der Waals surface area contributed by atoms with Gasteiger partial charge in [-0.15, -0.1) is 0 Å². The fourth-order valence-electron chi connectivity index (χ4n) is 5.12. The molecule has 2 aromatic carbocycles. The first-order valence-corrected chi connectivity index (χ1v) is 14.4. The lowest BCUT2D eigenvalue weighted by atomic mass is 9.90. The van der Waals surface area contributed by atoms with E-state index in [-0.39, 0.29) is 0 Å². The molecule has 0 radical (unpaired) electrons. The maximum Gasteiger partial charge on any atom is 0.490 e. The van der Waals surface area contributed by atoms with Crippen LogP contribution < -0.4 is 5.32 Å². The van der Waals surface area contributed by atoms with Gasteiger partial charge in [-0.25, -0.2) is 9.59 Å². The van der Waals surface area contributed by atoms with Crippen LogP contribution in [0.5, 0.6) is 0 Å². The highest BCUT2D eigenvalue weighted by Gasteiger charge is 2.38. The van der Waals surface area contributed by atoms with Gasteiger partial charge in [0.2, 0.25) is 0 Å². The highest BCUT2D eigenvalue weighted by molar-refractivity contribution is 5.90. The van der Waals surface area contributed by atoms with E-state index in [1.54, 1.807) is 10.9 Å². The van der Waals surface area contributed by atoms with Crippen LogP contribution in [-0.2, 0) is 30.6 Å². The van der Waals surface area contributed by atoms with Gasteiger partial charge in [0, 0.05) is 30.1 Å². The number of hydrogen-bond acceptors (Lipinski definition) is 5. The SMILES string of the molecule is CC(C)c1cccc(-c2ccc(CCNCCCn3nc4c(c3C(=O)O)CCc3cnccc3-4)cc2)c1.O=C(O)C(F)(F)F. The number of halogens is 3. The predicted molar refractivity (Wildman–Crippen MR) is 161 cm³/mol. The van der Waals surface area contributed by atoms with Crippen molar-refractivity contribution < 1.29 is 33.0 Å². The lowest BCUT2D eigenvalue weighted by molar-refractivity contribution is -0.192. The Labute approximate surface area is 253 Å². The molecule has 5 rings (SSSR count). The van der Waals surface area contributed by atoms with Crippen LogP contribution in [-0.4, -0.2) is 56.2 Å². The zero-order valence-electron chi connectivity index (χ0n) is 24.6. The average Bonchev–Trinajstić information content (AvgIpc) is 3.38. The van der Waals surface area contributed by atoms with Crippen LogP contribution in [0.3, 0.4) is 0 Å². The summed E-state index contributed by atoms with van der Waals surface area (Å²) in [5, 5.41) is 25.2. The number of carboxylic acid groups (broad SMARTS) is 2. The maximum atomic E-state index is 12.0. The number of pyridine rings is 1. The van der Waals surface area contributed by atoms with Gasteiger partial charge < -0.3 is 15.5 Å². The lowest BCUT2D eigenvalue weighted by Gasteiger charge is -2.14. The van der Waals surface area contributed by atoms with Crippen molar-refractivity contribution in [3.05, 3.63) is 94.9 Å². The van der Waals surface area contributed by atoms with Crippen molar-refractivity contribution in [3.63, 3.8) is 0 Å². The largest absolute Gasteiger partial charge is 0.490 e. The maximum absolute atomic E-state index is 12.0. The molecule has 0 saturated heterocycles. The summed E-state index contributed by atoms with van der Waals surface area (Å²) in [5.41, 5.74) is 9.29. The van der Waals surface area contributed by atoms with Crippen LogP contribution >= 0.6 is 0 Å². The molecule has 4 aromatic rings. The summed E-state index contributed by atoms with van der Waals surface area (Å²) in [5.74, 6) is -3.14. The number of aryl methyl sites for hydroxylation is 2. The lowest BCUT2D eigenvalue weighted by Crippen LogP contribution is -2.21. The van der Waals surface area contributed by atoms with E-state index in [1.165, 1.54) is 22.3 Å². The number of carboxylic acids is 2. The topological polar surface area (TPSA) is 117 Å². The number of carbonyl (C=O) groups is 2. The van der Waals surface area contributed by atoms with Crippen molar-refractivity contribution >= 4 is 11.9 Å². The third kappa shape index (κ3) is 8.10. The normalized spacial score (nSPS) is 12.2. The molecule has 0 fully saturated rings. The van der Waals surface area contributed by atoms with Gasteiger partial charge in [0.25, 0.3) is 0 Å². The molecule has 232 valence electrons. The Morgan fingerprint density at radius 3 is 2.39 bits per heavy atom. The van der Waals surface area contributed by atoms with Crippen LogP contribution in [0.25, 0.3) is 22.4 Å². The van der Waals surface area contributed by atoms with Gasteiger partial charge in [0.1, 0.15) is 5.69 Å². The first kappa shape index (κ1) is 32.4. The number of alkyl halides is 3. The zero-order valence-corrected chi connectivity index (χ0v) is 24.6. The fourth-order valence-corrected chi connectivity index (χ4v) is 5.12. The summed E-state index contributed by atoms with van der Waals surface area (Å²) in [6, 6.07) is 19.5. The molecule has 8 nitrogen and oxygen atoms in total. The molecule has 1 aliphatic rings. The molecule has 1 aliphatic carbocycles. The molecule has 0 atom stereocenters. The summed E-state index contributed by atoms with van der Waals surface area (Å²) in [6.45, 7) is 6.71. The Morgan fingerprint density at radius 2 is 1.73 bits per heavy atom. The number of fused-ring (bicyclic) bond motifs is 3. The number of aromatic nitrogens is 3. The Morgan fingerprint density at radius 1 is 1.00 bits per heavy atom. The molecule has 44 heavy (non-hydrogen) atoms. The van der Waals surface area contributed by atoms with Crippen molar-refractivity contribution in [1.82, 2.24) is 20.1 Å². The monoisotopic (exact) mass is 608 g/mol. The number of aliphatic carboxylic acids is 1. The second kappa shape index (κ2) is 14.3. The Hall–Kier alpha value is -4.51. The molecule has 0 unspecified atom stereocenters. The van der Waals surface area contributed by atoms with Gasteiger partial charge in [-0.05, 0) is 78.6 Å². The van der Waals surface area contributed by atoms with Crippen molar-refractivity contribution in [2.75, 3.05) is 13.1 Å². The molecular formula is C33H35F3N4O4. The number of benzene rings is 2. The third-order valence-electron chi connectivity index (χ3n) is 7.45. The van der Waals surface area contributed by atoms with Crippen molar-refractivity contribution in [1.29, 1.82) is 0 Å². The molecule has 2 heterocycles. The van der Waals surface area contributed by atoms with E-state index in [2.05, 4.69) is 72.7 Å². The summed E-state index contributed by atoms with van der Waals surface area (Å²) in [6.07, 6.45) is 1.78. The van der Waals surface area contributed by atoms with E-state index in [0.29, 0.717) is 24.6 Å². The third-order valence-corrected chi connectivity index (χ3v) is 7.45. The van der Waals surface area contributed by atoms with Crippen molar-refractivity contribution in [2.45, 2.75) is 58.2 Å². The quantitative estimate of drug-likeness (QED) is 0.179. The second-order valence-electron chi connectivity index (χ2n) is 10.9. The average molecular weight is 609 g/mol. The summed E-state index contributed by atoms with van der Waals surface area (Å²) < 4.78 is 33.4. The highest BCUT2D eigenvalue weighted by atomic mass is 19.4. The summed E-state index contributed by atoms with van der Waals surface area (Å²) in [7, 11) is 0. The molecule has 0 amide bonds. The Bertz CT molecular complexity index is 1600. The molecule has 0 saturated carbocycles. The van der Waals surface area contributed by atoms with E-state index >= 15 is 0 Å². The van der Waals surface area contributed by atoms with Crippen LogP contribution in [0.15, 0.2) is 67.0 Å². The van der Waals surface area contributed by atoms with Crippen LogP contribution in [0.1, 0.15) is 58.9 Å². The summed E-state index contributed by atoms with van der Waals surface area (Å²) in [4.78, 5) is 25.1. The van der Waals surface area contributed by atoms with Gasteiger partial charge in [0.05, 0.1) is 5.69 Å². The van der Waals surface area contributed by atoms with Crippen LogP contribution in [0, 0.1) is 0 Å². The predicted octanol–water partition coefficient (Wildman–Crippen LogP) is 6.39. The first-order valence-electron chi connectivity index (χ1n) is 14.4. The first-order chi connectivity index (χ1) is 21.0. The fraction of sp³-hybridized carbons (Fsp3) is 0.333. The van der Waals surface area contributed by atoms with Crippen molar-refractivity contribution in [3.8, 4) is 22.4 Å². The van der Waals surface area contributed by atoms with E-state index in [4.69, 9.17) is 15.0 Å². The number of hydrogen-bond donors (Lipinski definition) is 3. The molecular weight excluding hydrogens is 573 g/mol.